The summed E-state index contributed by atoms with van der Waals surface area (Å²) < 4.78 is 5.39. The molecule has 2 aliphatic heterocycles. The second kappa shape index (κ2) is 2.51. The van der Waals surface area contributed by atoms with Crippen molar-refractivity contribution in [3.8, 4) is 0 Å². The summed E-state index contributed by atoms with van der Waals surface area (Å²) in [6.45, 7) is 1.18. The Morgan fingerprint density at radius 3 is 2.60 bits per heavy atom. The normalized spacial score (nSPS) is 45.9. The fourth-order valence-electron chi connectivity index (χ4n) is 2.22. The topological polar surface area (TPSA) is 21.3 Å². The maximum Gasteiger partial charge on any atom is 0.0626 e. The summed E-state index contributed by atoms with van der Waals surface area (Å²) in [5.74, 6) is 0.801. The van der Waals surface area contributed by atoms with Crippen molar-refractivity contribution in [3.63, 3.8) is 0 Å². The lowest BCUT2D eigenvalue weighted by molar-refractivity contribution is -0.0122. The molecule has 0 unspecified atom stereocenters. The summed E-state index contributed by atoms with van der Waals surface area (Å²) in [6.07, 6.45) is 4.53. The van der Waals surface area contributed by atoms with Crippen molar-refractivity contribution in [1.82, 2.24) is 5.32 Å². The number of hydrogen-bond donors (Lipinski definition) is 1. The van der Waals surface area contributed by atoms with E-state index in [1.165, 1.54) is 25.8 Å². The van der Waals surface area contributed by atoms with Gasteiger partial charge < -0.3 is 10.1 Å². The molecule has 3 rings (SSSR count). The van der Waals surface area contributed by atoms with Crippen LogP contribution in [0.5, 0.6) is 0 Å². The molecule has 0 aromatic rings. The molecule has 0 radical (unpaired) electrons. The van der Waals surface area contributed by atoms with Crippen LogP contribution in [-0.2, 0) is 4.74 Å². The number of hydrogen-bond acceptors (Lipinski definition) is 2. The highest BCUT2D eigenvalue weighted by Crippen LogP contribution is 2.30. The first-order valence-corrected chi connectivity index (χ1v) is 4.16. The van der Waals surface area contributed by atoms with Crippen LogP contribution in [0.3, 0.4) is 0 Å². The Kier molecular flexibility index (Phi) is 1.66. The Hall–Kier alpha value is -0.0800. The molecule has 3 fully saturated rings. The van der Waals surface area contributed by atoms with E-state index in [4.69, 9.17) is 4.74 Å². The Bertz CT molecular complexity index is 118. The summed E-state index contributed by atoms with van der Waals surface area (Å²) in [5.41, 5.74) is 0. The molecule has 10 heavy (non-hydrogen) atoms. The van der Waals surface area contributed by atoms with E-state index < -0.39 is 0 Å². The van der Waals surface area contributed by atoms with Gasteiger partial charge in [-0.1, -0.05) is 0 Å². The quantitative estimate of drug-likeness (QED) is 0.582. The van der Waals surface area contributed by atoms with E-state index in [2.05, 4.69) is 5.32 Å². The predicted molar refractivity (Wildman–Crippen MR) is 39.9 cm³/mol. The molecular weight excluding hydrogens is 126 g/mol. The molecule has 2 heteroatoms. The van der Waals surface area contributed by atoms with Gasteiger partial charge in [-0.15, -0.1) is 0 Å². The highest BCUT2D eigenvalue weighted by atomic mass is 16.5. The molecule has 3 aliphatic rings. The third kappa shape index (κ3) is 0.956. The van der Waals surface area contributed by atoms with Crippen molar-refractivity contribution in [3.05, 3.63) is 0 Å². The van der Waals surface area contributed by atoms with Crippen molar-refractivity contribution in [2.45, 2.75) is 31.4 Å². The van der Waals surface area contributed by atoms with Crippen molar-refractivity contribution >= 4 is 0 Å². The zero-order chi connectivity index (χ0) is 6.97. The molecule has 2 bridgehead atoms. The smallest absolute Gasteiger partial charge is 0.0626 e. The number of piperidine rings is 2. The van der Waals surface area contributed by atoms with Crippen LogP contribution in [0.2, 0.25) is 0 Å². The van der Waals surface area contributed by atoms with E-state index in [0.717, 1.165) is 12.0 Å². The third-order valence-corrected chi connectivity index (χ3v) is 2.90. The zero-order valence-electron chi connectivity index (χ0n) is 6.47. The van der Waals surface area contributed by atoms with Crippen LogP contribution in [0.15, 0.2) is 0 Å². The standard InChI is InChI=1S/C8H15NO/c1-10-8-4-7-3-2-6(8)5-9-7/h6-9H,2-5H2,1H3/t6-,7+,8-/m0/s1. The Morgan fingerprint density at radius 2 is 2.30 bits per heavy atom. The van der Waals surface area contributed by atoms with E-state index in [1.54, 1.807) is 0 Å². The van der Waals surface area contributed by atoms with Crippen molar-refractivity contribution in [2.24, 2.45) is 5.92 Å². The van der Waals surface area contributed by atoms with Crippen LogP contribution in [0.25, 0.3) is 0 Å². The molecule has 1 N–H and O–H groups in total. The maximum absolute atomic E-state index is 5.39. The molecule has 2 heterocycles. The van der Waals surface area contributed by atoms with Crippen molar-refractivity contribution in [1.29, 1.82) is 0 Å². The summed E-state index contributed by atoms with van der Waals surface area (Å²) >= 11 is 0. The maximum atomic E-state index is 5.39. The molecule has 2 nitrogen and oxygen atoms in total. The average molecular weight is 141 g/mol. The third-order valence-electron chi connectivity index (χ3n) is 2.90. The Labute approximate surface area is 61.9 Å². The Morgan fingerprint density at radius 1 is 1.40 bits per heavy atom. The summed E-state index contributed by atoms with van der Waals surface area (Å²) in [7, 11) is 1.84. The van der Waals surface area contributed by atoms with E-state index in [9.17, 15) is 0 Å². The molecule has 3 atom stereocenters. The summed E-state index contributed by atoms with van der Waals surface area (Å²) in [5, 5.41) is 3.50. The fourth-order valence-corrected chi connectivity index (χ4v) is 2.22. The van der Waals surface area contributed by atoms with Crippen LogP contribution in [0.4, 0.5) is 0 Å². The predicted octanol–water partition coefficient (Wildman–Crippen LogP) is 0.773. The summed E-state index contributed by atoms with van der Waals surface area (Å²) in [4.78, 5) is 0. The van der Waals surface area contributed by atoms with Gasteiger partial charge in [0, 0.05) is 19.7 Å². The number of ether oxygens (including phenoxy) is 1. The molecule has 1 saturated carbocycles. The molecule has 0 spiro atoms. The molecule has 2 saturated heterocycles. The zero-order valence-corrected chi connectivity index (χ0v) is 6.47. The molecule has 58 valence electrons. The number of rotatable bonds is 1. The highest BCUT2D eigenvalue weighted by Gasteiger charge is 2.34. The van der Waals surface area contributed by atoms with E-state index in [1.807, 2.05) is 7.11 Å². The van der Waals surface area contributed by atoms with E-state index in [-0.39, 0.29) is 0 Å². The summed E-state index contributed by atoms with van der Waals surface area (Å²) in [6, 6.07) is 0.759. The molecule has 0 amide bonds. The largest absolute Gasteiger partial charge is 0.381 e. The molecular formula is C8H15NO. The van der Waals surface area contributed by atoms with Gasteiger partial charge in [0.15, 0.2) is 0 Å². The van der Waals surface area contributed by atoms with Crippen LogP contribution in [0, 0.1) is 5.92 Å². The monoisotopic (exact) mass is 141 g/mol. The molecule has 0 aromatic heterocycles. The SMILES string of the molecule is CO[C@H]1C[C@H]2CC[C@H]1CN2. The van der Waals surface area contributed by atoms with Gasteiger partial charge >= 0.3 is 0 Å². The van der Waals surface area contributed by atoms with Gasteiger partial charge in [-0.2, -0.15) is 0 Å². The van der Waals surface area contributed by atoms with Crippen LogP contribution >= 0.6 is 0 Å². The molecule has 1 aliphatic carbocycles. The van der Waals surface area contributed by atoms with Gasteiger partial charge in [-0.05, 0) is 25.2 Å². The van der Waals surface area contributed by atoms with Crippen LogP contribution in [0.1, 0.15) is 19.3 Å². The van der Waals surface area contributed by atoms with Gasteiger partial charge in [-0.25, -0.2) is 0 Å². The molecule has 0 aromatic carbocycles. The van der Waals surface area contributed by atoms with E-state index in [0.29, 0.717) is 6.10 Å². The lowest BCUT2D eigenvalue weighted by Crippen LogP contribution is -2.52. The van der Waals surface area contributed by atoms with E-state index >= 15 is 0 Å². The second-order valence-electron chi connectivity index (χ2n) is 3.45. The second-order valence-corrected chi connectivity index (χ2v) is 3.45. The lowest BCUT2D eigenvalue weighted by Gasteiger charge is -2.42. The van der Waals surface area contributed by atoms with Crippen LogP contribution < -0.4 is 5.32 Å². The van der Waals surface area contributed by atoms with Gasteiger partial charge in [0.2, 0.25) is 0 Å². The van der Waals surface area contributed by atoms with Gasteiger partial charge in [0.1, 0.15) is 0 Å². The first-order valence-electron chi connectivity index (χ1n) is 4.16. The van der Waals surface area contributed by atoms with Crippen LogP contribution in [-0.4, -0.2) is 25.8 Å². The first-order chi connectivity index (χ1) is 4.90. The number of nitrogens with one attached hydrogen (secondary N) is 1. The lowest BCUT2D eigenvalue weighted by atomic mass is 9.79. The minimum atomic E-state index is 0.556. The Balaban J connectivity index is 2.01. The average Bonchev–Trinajstić information content (AvgIpc) is 2.06. The first kappa shape index (κ1) is 6.62. The van der Waals surface area contributed by atoms with Crippen molar-refractivity contribution < 1.29 is 4.74 Å². The van der Waals surface area contributed by atoms with Crippen molar-refractivity contribution in [2.75, 3.05) is 13.7 Å². The van der Waals surface area contributed by atoms with Gasteiger partial charge in [0.05, 0.1) is 6.10 Å². The van der Waals surface area contributed by atoms with Gasteiger partial charge in [0.25, 0.3) is 0 Å². The minimum absolute atomic E-state index is 0.556. The minimum Gasteiger partial charge on any atom is -0.381 e. The van der Waals surface area contributed by atoms with Gasteiger partial charge in [-0.3, -0.25) is 0 Å². The highest BCUT2D eigenvalue weighted by molar-refractivity contribution is 4.91. The number of methoxy groups -OCH3 is 1. The number of fused-ring (bicyclic) bond motifs is 3. The fraction of sp³-hybridized carbons (Fsp3) is 1.00.